The number of anilines is 1. The fraction of sp³-hybridized carbons (Fsp3) is 0.323. The summed E-state index contributed by atoms with van der Waals surface area (Å²) in [6.45, 7) is 12.1. The number of hydrogen-bond acceptors (Lipinski definition) is 7. The Morgan fingerprint density at radius 1 is 1.10 bits per heavy atom. The molecule has 1 aromatic carbocycles. The van der Waals surface area contributed by atoms with Crippen molar-refractivity contribution < 1.29 is 13.6 Å². The van der Waals surface area contributed by atoms with E-state index < -0.39 is 17.3 Å². The van der Waals surface area contributed by atoms with Gasteiger partial charge in [0.15, 0.2) is 5.65 Å². The molecular weight excluding hydrogens is 558 g/mol. The Labute approximate surface area is 247 Å². The lowest BCUT2D eigenvalue weighted by atomic mass is 10.1. The highest BCUT2D eigenvalue weighted by atomic mass is 32.2. The van der Waals surface area contributed by atoms with Crippen molar-refractivity contribution in [1.82, 2.24) is 24.4 Å². The molecule has 1 aliphatic rings. The molecule has 0 radical (unpaired) electrons. The summed E-state index contributed by atoms with van der Waals surface area (Å²) in [6.07, 6.45) is 4.86. The van der Waals surface area contributed by atoms with Crippen molar-refractivity contribution in [2.45, 2.75) is 50.6 Å². The largest absolute Gasteiger partial charge is 0.355 e. The van der Waals surface area contributed by atoms with Crippen LogP contribution in [-0.2, 0) is 4.79 Å². The van der Waals surface area contributed by atoms with Crippen LogP contribution < -0.4 is 10.6 Å². The fourth-order valence-electron chi connectivity index (χ4n) is 5.48. The van der Waals surface area contributed by atoms with E-state index in [0.717, 1.165) is 4.90 Å². The second kappa shape index (κ2) is 11.6. The molecule has 0 aliphatic carbocycles. The van der Waals surface area contributed by atoms with Crippen LogP contribution in [0.5, 0.6) is 0 Å². The molecule has 0 saturated carbocycles. The first-order valence-corrected chi connectivity index (χ1v) is 14.9. The van der Waals surface area contributed by atoms with Gasteiger partial charge >= 0.3 is 5.69 Å². The number of hydrogen-bond donors (Lipinski definition) is 0. The van der Waals surface area contributed by atoms with E-state index in [4.69, 9.17) is 0 Å². The molecule has 4 heterocycles. The minimum atomic E-state index is -0.748. The van der Waals surface area contributed by atoms with Gasteiger partial charge in [-0.3, -0.25) is 9.78 Å². The van der Waals surface area contributed by atoms with Gasteiger partial charge in [0, 0.05) is 41.8 Å². The van der Waals surface area contributed by atoms with Gasteiger partial charge in [0.05, 0.1) is 16.8 Å². The van der Waals surface area contributed by atoms with Crippen molar-refractivity contribution in [3.8, 4) is 16.9 Å². The second-order valence-electron chi connectivity index (χ2n) is 10.7. The Hall–Kier alpha value is -4.12. The summed E-state index contributed by atoms with van der Waals surface area (Å²) in [7, 11) is 0. The van der Waals surface area contributed by atoms with E-state index in [2.05, 4.69) is 21.5 Å². The summed E-state index contributed by atoms with van der Waals surface area (Å²) in [4.78, 5) is 44.6. The summed E-state index contributed by atoms with van der Waals surface area (Å²) in [5.41, 5.74) is 0.444. The molecule has 0 bridgehead atoms. The van der Waals surface area contributed by atoms with Gasteiger partial charge in [-0.05, 0) is 56.4 Å². The zero-order valence-corrected chi connectivity index (χ0v) is 25.0. The molecule has 5 rings (SSSR count). The van der Waals surface area contributed by atoms with Crippen LogP contribution in [0, 0.1) is 11.6 Å². The van der Waals surface area contributed by atoms with E-state index in [0.29, 0.717) is 29.9 Å². The van der Waals surface area contributed by atoms with Crippen molar-refractivity contribution in [2.75, 3.05) is 24.2 Å². The third kappa shape index (κ3) is 5.06. The number of halogens is 2. The molecule has 0 spiro atoms. The molecule has 4 aromatic rings. The van der Waals surface area contributed by atoms with Crippen LogP contribution in [0.1, 0.15) is 39.3 Å². The van der Waals surface area contributed by atoms with Gasteiger partial charge in [-0.25, -0.2) is 23.1 Å². The maximum Gasteiger partial charge on any atom is 0.355 e. The first-order chi connectivity index (χ1) is 20.1. The molecule has 1 amide bonds. The van der Waals surface area contributed by atoms with Gasteiger partial charge in [0.2, 0.25) is 5.91 Å². The number of benzene rings is 1. The van der Waals surface area contributed by atoms with Gasteiger partial charge in [-0.15, -0.1) is 11.8 Å². The molecule has 2 atom stereocenters. The quantitative estimate of drug-likeness (QED) is 0.214. The lowest BCUT2D eigenvalue weighted by Crippen LogP contribution is -2.58. The third-order valence-corrected chi connectivity index (χ3v) is 8.32. The molecular formula is C31H32F2N6O2S. The van der Waals surface area contributed by atoms with Crippen LogP contribution >= 0.6 is 11.8 Å². The van der Waals surface area contributed by atoms with E-state index in [-0.39, 0.29) is 46.6 Å². The van der Waals surface area contributed by atoms with Gasteiger partial charge in [-0.2, -0.15) is 4.98 Å². The molecule has 218 valence electrons. The Kier molecular flexibility index (Phi) is 8.14. The summed E-state index contributed by atoms with van der Waals surface area (Å²) in [6, 6.07) is 8.41. The number of piperazine rings is 1. The average Bonchev–Trinajstić information content (AvgIpc) is 2.97. The molecule has 1 saturated heterocycles. The van der Waals surface area contributed by atoms with Crippen molar-refractivity contribution >= 4 is 34.5 Å². The topological polar surface area (TPSA) is 84.2 Å². The van der Waals surface area contributed by atoms with Gasteiger partial charge in [-0.1, -0.05) is 32.6 Å². The molecule has 0 N–H and O–H groups in total. The third-order valence-electron chi connectivity index (χ3n) is 7.55. The zero-order chi connectivity index (χ0) is 30.3. The predicted octanol–water partition coefficient (Wildman–Crippen LogP) is 5.58. The summed E-state index contributed by atoms with van der Waals surface area (Å²) in [5, 5.41) is 0.292. The number of fused-ring (bicyclic) bond motifs is 1. The number of pyridine rings is 2. The van der Waals surface area contributed by atoms with Gasteiger partial charge in [0.25, 0.3) is 0 Å². The molecule has 1 fully saturated rings. The molecule has 3 aromatic heterocycles. The van der Waals surface area contributed by atoms with Gasteiger partial charge < -0.3 is 9.80 Å². The summed E-state index contributed by atoms with van der Waals surface area (Å²) in [5.74, 6) is -1.37. The Morgan fingerprint density at radius 2 is 1.83 bits per heavy atom. The minimum Gasteiger partial charge on any atom is -0.349 e. The van der Waals surface area contributed by atoms with Crippen LogP contribution in [0.2, 0.25) is 0 Å². The number of carbonyl (C=O) groups excluding carboxylic acids is 1. The van der Waals surface area contributed by atoms with E-state index in [1.165, 1.54) is 46.7 Å². The zero-order valence-electron chi connectivity index (χ0n) is 24.1. The van der Waals surface area contributed by atoms with E-state index >= 15 is 4.39 Å². The predicted molar refractivity (Wildman–Crippen MR) is 162 cm³/mol. The molecule has 11 heteroatoms. The van der Waals surface area contributed by atoms with Crippen LogP contribution in [0.25, 0.3) is 28.0 Å². The average molecular weight is 591 g/mol. The summed E-state index contributed by atoms with van der Waals surface area (Å²) >= 11 is 1.44. The lowest BCUT2D eigenvalue weighted by molar-refractivity contribution is -0.128. The Balaban J connectivity index is 1.84. The normalized spacial score (nSPS) is 17.2. The van der Waals surface area contributed by atoms with Crippen molar-refractivity contribution in [2.24, 2.45) is 0 Å². The molecule has 8 nitrogen and oxygen atoms in total. The number of thioether (sulfide) groups is 1. The van der Waals surface area contributed by atoms with Crippen LogP contribution in [0.15, 0.2) is 64.9 Å². The lowest BCUT2D eigenvalue weighted by Gasteiger charge is -2.44. The highest BCUT2D eigenvalue weighted by Gasteiger charge is 2.34. The second-order valence-corrected chi connectivity index (χ2v) is 11.5. The highest BCUT2D eigenvalue weighted by molar-refractivity contribution is 7.98. The molecule has 42 heavy (non-hydrogen) atoms. The monoisotopic (exact) mass is 590 g/mol. The van der Waals surface area contributed by atoms with Crippen molar-refractivity contribution in [3.05, 3.63) is 83.1 Å². The first-order valence-electron chi connectivity index (χ1n) is 13.7. The molecule has 1 aliphatic heterocycles. The van der Waals surface area contributed by atoms with Gasteiger partial charge in [0.1, 0.15) is 23.1 Å². The van der Waals surface area contributed by atoms with Crippen LogP contribution in [-0.4, -0.2) is 61.8 Å². The maximum absolute atomic E-state index is 15.9. The number of nitrogens with zero attached hydrogens (tertiary/aromatic N) is 6. The number of amides is 1. The maximum atomic E-state index is 15.9. The number of aromatic nitrogens is 4. The molecule has 0 unspecified atom stereocenters. The van der Waals surface area contributed by atoms with Crippen LogP contribution in [0.4, 0.5) is 14.6 Å². The minimum absolute atomic E-state index is 0.0202. The van der Waals surface area contributed by atoms with E-state index in [1.54, 1.807) is 23.2 Å². The first kappa shape index (κ1) is 29.4. The smallest absolute Gasteiger partial charge is 0.349 e. The van der Waals surface area contributed by atoms with Crippen molar-refractivity contribution in [1.29, 1.82) is 0 Å². The van der Waals surface area contributed by atoms with E-state index in [1.807, 2.05) is 38.9 Å². The number of carbonyl (C=O) groups is 1. The summed E-state index contributed by atoms with van der Waals surface area (Å²) < 4.78 is 32.1. The number of rotatable bonds is 6. The Morgan fingerprint density at radius 3 is 2.50 bits per heavy atom. The highest BCUT2D eigenvalue weighted by Crippen LogP contribution is 2.36. The van der Waals surface area contributed by atoms with E-state index in [9.17, 15) is 14.0 Å². The fourth-order valence-corrected chi connectivity index (χ4v) is 6.06. The van der Waals surface area contributed by atoms with Crippen molar-refractivity contribution in [3.63, 3.8) is 0 Å². The Bertz CT molecular complexity index is 1760. The van der Waals surface area contributed by atoms with Crippen LogP contribution in [0.3, 0.4) is 0 Å². The standard InChI is InChI=1S/C31H32F2N6O2S/c1-7-25(40)37-15-19(5)38(16-18(37)4)29-21-14-23(33)27(20-10-8-9-11-22(20)32)35-30(21)39(31(41)36-29)28-24(42-6)12-13-34-26(28)17(2)3/h7-14,17-19H,1,15-16H2,2-6H3/t18-,19+/m1/s1. The SMILES string of the molecule is C=CC(=O)N1C[C@H](C)N(c2nc(=O)n(-c3c(SC)ccnc3C(C)C)c3nc(-c4ccccc4F)c(F)cc23)C[C@H]1C.